The number of urea groups is 1. The van der Waals surface area contributed by atoms with Crippen molar-refractivity contribution >= 4 is 6.03 Å². The number of likely N-dealkylation sites (tertiary alicyclic amines) is 1. The molecular weight excluding hydrogens is 250 g/mol. The van der Waals surface area contributed by atoms with Crippen LogP contribution in [0.15, 0.2) is 0 Å². The Morgan fingerprint density at radius 1 is 1.15 bits per heavy atom. The quantitative estimate of drug-likeness (QED) is 0.832. The van der Waals surface area contributed by atoms with Crippen molar-refractivity contribution in [1.82, 2.24) is 15.5 Å². The van der Waals surface area contributed by atoms with E-state index in [1.165, 1.54) is 19.3 Å². The first-order valence-corrected chi connectivity index (χ1v) is 8.53. The third kappa shape index (κ3) is 4.11. The molecule has 2 unspecified atom stereocenters. The molecule has 1 saturated heterocycles. The first-order valence-electron chi connectivity index (χ1n) is 8.53. The average Bonchev–Trinajstić information content (AvgIpc) is 2.49. The molecule has 0 radical (unpaired) electrons. The summed E-state index contributed by atoms with van der Waals surface area (Å²) >= 11 is 0. The van der Waals surface area contributed by atoms with Crippen LogP contribution in [0.5, 0.6) is 0 Å². The van der Waals surface area contributed by atoms with E-state index in [1.807, 2.05) is 4.90 Å². The topological polar surface area (TPSA) is 44.4 Å². The highest BCUT2D eigenvalue weighted by Crippen LogP contribution is 2.21. The molecule has 20 heavy (non-hydrogen) atoms. The summed E-state index contributed by atoms with van der Waals surface area (Å²) in [6, 6.07) is 1.18. The molecule has 1 aliphatic carbocycles. The van der Waals surface area contributed by atoms with Gasteiger partial charge in [-0.05, 0) is 31.7 Å². The minimum Gasteiger partial charge on any atom is -0.335 e. The highest BCUT2D eigenvalue weighted by Gasteiger charge is 2.30. The number of rotatable bonds is 4. The molecule has 0 aromatic rings. The number of nitrogens with one attached hydrogen (secondary N) is 2. The number of amides is 2. The van der Waals surface area contributed by atoms with Gasteiger partial charge >= 0.3 is 6.03 Å². The Morgan fingerprint density at radius 3 is 2.55 bits per heavy atom. The smallest absolute Gasteiger partial charge is 0.317 e. The molecule has 0 aromatic heterocycles. The molecule has 2 rings (SSSR count). The van der Waals surface area contributed by atoms with Gasteiger partial charge in [-0.25, -0.2) is 4.79 Å². The van der Waals surface area contributed by atoms with E-state index in [1.54, 1.807) is 0 Å². The van der Waals surface area contributed by atoms with Gasteiger partial charge in [0.15, 0.2) is 0 Å². The lowest BCUT2D eigenvalue weighted by Gasteiger charge is -2.39. The normalized spacial score (nSPS) is 28.4. The van der Waals surface area contributed by atoms with Gasteiger partial charge in [-0.3, -0.25) is 0 Å². The molecule has 116 valence electrons. The minimum absolute atomic E-state index is 0.172. The molecule has 0 aromatic carbocycles. The van der Waals surface area contributed by atoms with Crippen LogP contribution in [0.3, 0.4) is 0 Å². The number of nitrogens with zero attached hydrogens (tertiary/aromatic N) is 1. The fourth-order valence-electron chi connectivity index (χ4n) is 3.67. The van der Waals surface area contributed by atoms with Crippen molar-refractivity contribution in [3.05, 3.63) is 0 Å². The van der Waals surface area contributed by atoms with Gasteiger partial charge in [0.05, 0.1) is 0 Å². The number of piperidine rings is 1. The third-order valence-corrected chi connectivity index (χ3v) is 4.94. The second kappa shape index (κ2) is 7.87. The zero-order valence-electron chi connectivity index (χ0n) is 13.2. The third-order valence-electron chi connectivity index (χ3n) is 4.94. The molecule has 1 aliphatic heterocycles. The van der Waals surface area contributed by atoms with Gasteiger partial charge in [0.2, 0.25) is 0 Å². The van der Waals surface area contributed by atoms with Crippen molar-refractivity contribution in [3.63, 3.8) is 0 Å². The van der Waals surface area contributed by atoms with E-state index < -0.39 is 0 Å². The lowest BCUT2D eigenvalue weighted by Crippen LogP contribution is -2.54. The summed E-state index contributed by atoms with van der Waals surface area (Å²) in [6.07, 6.45) is 8.43. The second-order valence-electron chi connectivity index (χ2n) is 6.35. The summed E-state index contributed by atoms with van der Waals surface area (Å²) in [4.78, 5) is 14.4. The van der Waals surface area contributed by atoms with E-state index in [0.717, 1.165) is 45.3 Å². The van der Waals surface area contributed by atoms with Gasteiger partial charge in [0, 0.05) is 25.2 Å². The molecule has 4 nitrogen and oxygen atoms in total. The fraction of sp³-hybridized carbons (Fsp3) is 0.938. The second-order valence-corrected chi connectivity index (χ2v) is 6.35. The maximum Gasteiger partial charge on any atom is 0.317 e. The molecular formula is C16H31N3O. The van der Waals surface area contributed by atoms with Crippen LogP contribution in [-0.4, -0.2) is 42.6 Å². The van der Waals surface area contributed by atoms with Gasteiger partial charge in [-0.15, -0.1) is 0 Å². The van der Waals surface area contributed by atoms with E-state index in [0.29, 0.717) is 18.0 Å². The van der Waals surface area contributed by atoms with Crippen LogP contribution < -0.4 is 10.6 Å². The minimum atomic E-state index is 0.172. The van der Waals surface area contributed by atoms with Crippen LogP contribution in [0.1, 0.15) is 58.8 Å². The molecule has 0 spiro atoms. The van der Waals surface area contributed by atoms with Crippen molar-refractivity contribution in [2.45, 2.75) is 70.9 Å². The highest BCUT2D eigenvalue weighted by molar-refractivity contribution is 5.74. The number of hydrogen-bond acceptors (Lipinski definition) is 2. The van der Waals surface area contributed by atoms with E-state index in [-0.39, 0.29) is 6.03 Å². The molecule has 2 atom stereocenters. The van der Waals surface area contributed by atoms with E-state index in [2.05, 4.69) is 24.5 Å². The molecule has 4 heteroatoms. The zero-order valence-corrected chi connectivity index (χ0v) is 13.2. The number of carbonyl (C=O) groups is 1. The first-order chi connectivity index (χ1) is 9.74. The van der Waals surface area contributed by atoms with Crippen molar-refractivity contribution < 1.29 is 4.79 Å². The van der Waals surface area contributed by atoms with E-state index in [9.17, 15) is 4.79 Å². The van der Waals surface area contributed by atoms with Crippen LogP contribution >= 0.6 is 0 Å². The van der Waals surface area contributed by atoms with Crippen LogP contribution in [0.4, 0.5) is 4.79 Å². The predicted octanol–water partition coefficient (Wildman–Crippen LogP) is 2.74. The SMILES string of the molecule is CCNC1CCN(C(=O)NC2CCCCC2)CC1CC. The summed E-state index contributed by atoms with van der Waals surface area (Å²) in [7, 11) is 0. The van der Waals surface area contributed by atoms with Crippen LogP contribution in [0.25, 0.3) is 0 Å². The summed E-state index contributed by atoms with van der Waals surface area (Å²) in [6.45, 7) is 7.22. The summed E-state index contributed by atoms with van der Waals surface area (Å²) in [5, 5.41) is 6.81. The molecule has 0 bridgehead atoms. The van der Waals surface area contributed by atoms with Crippen molar-refractivity contribution in [2.24, 2.45) is 5.92 Å². The Hall–Kier alpha value is -0.770. The van der Waals surface area contributed by atoms with Crippen LogP contribution in [-0.2, 0) is 0 Å². The number of hydrogen-bond donors (Lipinski definition) is 2. The standard InChI is InChI=1S/C16H31N3O/c1-3-13-12-19(11-10-15(13)17-4-2)16(20)18-14-8-6-5-7-9-14/h13-15,17H,3-12H2,1-2H3,(H,18,20). The van der Waals surface area contributed by atoms with Crippen LogP contribution in [0, 0.1) is 5.92 Å². The summed E-state index contributed by atoms with van der Waals surface area (Å²) < 4.78 is 0. The maximum atomic E-state index is 12.4. The fourth-order valence-corrected chi connectivity index (χ4v) is 3.67. The first kappa shape index (κ1) is 15.6. The Bertz CT molecular complexity index is 302. The molecule has 2 N–H and O–H groups in total. The van der Waals surface area contributed by atoms with Crippen LogP contribution in [0.2, 0.25) is 0 Å². The maximum absolute atomic E-state index is 12.4. The Labute approximate surface area is 123 Å². The van der Waals surface area contributed by atoms with Gasteiger partial charge in [0.25, 0.3) is 0 Å². The molecule has 1 heterocycles. The highest BCUT2D eigenvalue weighted by atomic mass is 16.2. The van der Waals surface area contributed by atoms with Crippen molar-refractivity contribution in [1.29, 1.82) is 0 Å². The van der Waals surface area contributed by atoms with Crippen molar-refractivity contribution in [2.75, 3.05) is 19.6 Å². The van der Waals surface area contributed by atoms with Gasteiger partial charge < -0.3 is 15.5 Å². The Kier molecular flexibility index (Phi) is 6.14. The van der Waals surface area contributed by atoms with Gasteiger partial charge in [-0.2, -0.15) is 0 Å². The van der Waals surface area contributed by atoms with E-state index >= 15 is 0 Å². The Morgan fingerprint density at radius 2 is 1.90 bits per heavy atom. The summed E-state index contributed by atoms with van der Waals surface area (Å²) in [5.74, 6) is 0.598. The molecule has 2 amide bonds. The number of carbonyl (C=O) groups excluding carboxylic acids is 1. The molecule has 2 aliphatic rings. The zero-order chi connectivity index (χ0) is 14.4. The van der Waals surface area contributed by atoms with E-state index in [4.69, 9.17) is 0 Å². The average molecular weight is 281 g/mol. The monoisotopic (exact) mass is 281 g/mol. The molecule has 1 saturated carbocycles. The lowest BCUT2D eigenvalue weighted by molar-refractivity contribution is 0.138. The predicted molar refractivity (Wildman–Crippen MR) is 82.8 cm³/mol. The van der Waals surface area contributed by atoms with Gasteiger partial charge in [-0.1, -0.05) is 39.5 Å². The Balaban J connectivity index is 1.81. The lowest BCUT2D eigenvalue weighted by atomic mass is 9.90. The van der Waals surface area contributed by atoms with Gasteiger partial charge in [0.1, 0.15) is 0 Å². The molecule has 2 fully saturated rings. The van der Waals surface area contributed by atoms with Crippen molar-refractivity contribution in [3.8, 4) is 0 Å². The largest absolute Gasteiger partial charge is 0.335 e. The summed E-state index contributed by atoms with van der Waals surface area (Å²) in [5.41, 5.74) is 0.